The number of benzene rings is 1. The Hall–Kier alpha value is -2.81. The first-order valence-corrected chi connectivity index (χ1v) is 13.5. The summed E-state index contributed by atoms with van der Waals surface area (Å²) in [5.74, 6) is 1.58. The molecular formula is C28H35N5O2S. The zero-order chi connectivity index (χ0) is 25.4. The van der Waals surface area contributed by atoms with Crippen molar-refractivity contribution in [2.75, 3.05) is 39.4 Å². The Morgan fingerprint density at radius 2 is 1.81 bits per heavy atom. The number of morpholine rings is 1. The molecule has 0 aliphatic carbocycles. The Morgan fingerprint density at radius 1 is 1.08 bits per heavy atom. The second-order valence-electron chi connectivity index (χ2n) is 9.89. The van der Waals surface area contributed by atoms with Crippen molar-refractivity contribution in [3.8, 4) is 5.00 Å². The minimum absolute atomic E-state index is 0.0428. The summed E-state index contributed by atoms with van der Waals surface area (Å²) in [5.41, 5.74) is 7.29. The maximum atomic E-state index is 13.2. The van der Waals surface area contributed by atoms with Gasteiger partial charge < -0.3 is 10.1 Å². The van der Waals surface area contributed by atoms with Gasteiger partial charge in [0.05, 0.1) is 13.2 Å². The highest BCUT2D eigenvalue weighted by atomic mass is 32.1. The number of hydrogen-bond donors (Lipinski definition) is 1. The lowest BCUT2D eigenvalue weighted by molar-refractivity contribution is -0.121. The zero-order valence-electron chi connectivity index (χ0n) is 21.9. The summed E-state index contributed by atoms with van der Waals surface area (Å²) in [7, 11) is 0. The zero-order valence-corrected chi connectivity index (χ0v) is 22.7. The highest BCUT2D eigenvalue weighted by Gasteiger charge is 2.34. The summed E-state index contributed by atoms with van der Waals surface area (Å²) < 4.78 is 7.60. The van der Waals surface area contributed by atoms with E-state index < -0.39 is 0 Å². The predicted molar refractivity (Wildman–Crippen MR) is 144 cm³/mol. The number of nitrogens with one attached hydrogen (secondary N) is 1. The molecule has 0 saturated carbocycles. The summed E-state index contributed by atoms with van der Waals surface area (Å²) in [6, 6.07) is 8.72. The van der Waals surface area contributed by atoms with Crippen molar-refractivity contribution in [2.45, 2.75) is 47.0 Å². The van der Waals surface area contributed by atoms with Gasteiger partial charge in [0.1, 0.15) is 16.6 Å². The van der Waals surface area contributed by atoms with Gasteiger partial charge in [0.15, 0.2) is 0 Å². The third-order valence-corrected chi connectivity index (χ3v) is 8.67. The molecule has 7 nitrogen and oxygen atoms in total. The quantitative estimate of drug-likeness (QED) is 0.540. The fraction of sp³-hybridized carbons (Fsp3) is 0.464. The van der Waals surface area contributed by atoms with Crippen molar-refractivity contribution in [3.05, 3.63) is 68.6 Å². The Morgan fingerprint density at radius 3 is 2.53 bits per heavy atom. The molecule has 0 radical (unpaired) electrons. The molecule has 0 spiro atoms. The number of hydrogen-bond acceptors (Lipinski definition) is 6. The lowest BCUT2D eigenvalue weighted by Crippen LogP contribution is -2.41. The highest BCUT2D eigenvalue weighted by molar-refractivity contribution is 7.15. The second kappa shape index (κ2) is 10.3. The molecular weight excluding hydrogens is 470 g/mol. The fourth-order valence-electron chi connectivity index (χ4n) is 5.25. The van der Waals surface area contributed by atoms with Gasteiger partial charge >= 0.3 is 0 Å². The first kappa shape index (κ1) is 24.9. The molecule has 3 aromatic rings. The van der Waals surface area contributed by atoms with E-state index in [-0.39, 0.29) is 11.8 Å². The normalized spacial score (nSPS) is 18.1. The molecule has 1 atom stereocenters. The Labute approximate surface area is 217 Å². The van der Waals surface area contributed by atoms with Crippen molar-refractivity contribution < 1.29 is 9.53 Å². The standard InChI is InChI=1S/C28H35N5O2S/c1-17-6-8-22(9-7-17)25-19(3)23(16-24(34)29-10-11-32-12-14-35-15-13-32)27-31-30-21(5)33(27)28-26(25)18(2)20(4)36-28/h6-9,23H,10-16H2,1-5H3,(H,29,34)/t23-/m1/s1. The van der Waals surface area contributed by atoms with Gasteiger partial charge in [-0.05, 0) is 51.3 Å². The Balaban J connectivity index is 1.51. The fourth-order valence-corrected chi connectivity index (χ4v) is 6.47. The molecule has 36 heavy (non-hydrogen) atoms. The molecule has 4 heterocycles. The van der Waals surface area contributed by atoms with E-state index in [1.807, 2.05) is 6.92 Å². The number of ether oxygens (including phenoxy) is 1. The molecule has 2 aliphatic heterocycles. The molecule has 2 aromatic heterocycles. The molecule has 1 amide bonds. The van der Waals surface area contributed by atoms with E-state index in [2.05, 4.69) is 76.9 Å². The van der Waals surface area contributed by atoms with Gasteiger partial charge in [0.2, 0.25) is 5.91 Å². The van der Waals surface area contributed by atoms with Crippen molar-refractivity contribution in [1.29, 1.82) is 0 Å². The van der Waals surface area contributed by atoms with Crippen LogP contribution in [0, 0.1) is 27.7 Å². The van der Waals surface area contributed by atoms with Crippen LogP contribution in [0.25, 0.3) is 10.6 Å². The van der Waals surface area contributed by atoms with Crippen LogP contribution in [0.15, 0.2) is 29.8 Å². The number of carbonyl (C=O) groups excluding carboxylic acids is 1. The maximum absolute atomic E-state index is 13.2. The van der Waals surface area contributed by atoms with Crippen LogP contribution in [0.3, 0.4) is 0 Å². The van der Waals surface area contributed by atoms with Crippen LogP contribution in [-0.4, -0.2) is 65.0 Å². The van der Waals surface area contributed by atoms with Gasteiger partial charge in [0, 0.05) is 49.0 Å². The van der Waals surface area contributed by atoms with Crippen LogP contribution in [0.5, 0.6) is 0 Å². The largest absolute Gasteiger partial charge is 0.379 e. The number of allylic oxidation sites excluding steroid dienone is 1. The maximum Gasteiger partial charge on any atom is 0.221 e. The minimum Gasteiger partial charge on any atom is -0.379 e. The number of aromatic nitrogens is 3. The molecule has 1 N–H and O–H groups in total. The number of fused-ring (bicyclic) bond motifs is 3. The number of nitrogens with zero attached hydrogens (tertiary/aromatic N) is 4. The first-order chi connectivity index (χ1) is 17.3. The smallest absolute Gasteiger partial charge is 0.221 e. The summed E-state index contributed by atoms with van der Waals surface area (Å²) >= 11 is 1.78. The summed E-state index contributed by atoms with van der Waals surface area (Å²) in [4.78, 5) is 16.8. The average molecular weight is 506 g/mol. The molecule has 2 aliphatic rings. The van der Waals surface area contributed by atoms with E-state index >= 15 is 0 Å². The second-order valence-corrected chi connectivity index (χ2v) is 11.1. The number of amides is 1. The third-order valence-electron chi connectivity index (χ3n) is 7.48. The average Bonchev–Trinajstić information content (AvgIpc) is 3.35. The van der Waals surface area contributed by atoms with E-state index in [0.717, 1.165) is 55.1 Å². The monoisotopic (exact) mass is 505 g/mol. The summed E-state index contributed by atoms with van der Waals surface area (Å²) in [6.07, 6.45) is 0.343. The van der Waals surface area contributed by atoms with Crippen LogP contribution in [0.4, 0.5) is 0 Å². The van der Waals surface area contributed by atoms with Gasteiger partial charge in [-0.1, -0.05) is 35.4 Å². The molecule has 1 saturated heterocycles. The van der Waals surface area contributed by atoms with Crippen molar-refractivity contribution in [2.24, 2.45) is 0 Å². The summed E-state index contributed by atoms with van der Waals surface area (Å²) in [6.45, 7) is 15.5. The molecule has 8 heteroatoms. The van der Waals surface area contributed by atoms with E-state index in [9.17, 15) is 4.79 Å². The predicted octanol–water partition coefficient (Wildman–Crippen LogP) is 4.32. The van der Waals surface area contributed by atoms with Crippen LogP contribution in [0.1, 0.15) is 58.0 Å². The van der Waals surface area contributed by atoms with E-state index in [0.29, 0.717) is 13.0 Å². The number of carbonyl (C=O) groups is 1. The topological polar surface area (TPSA) is 72.3 Å². The van der Waals surface area contributed by atoms with Crippen LogP contribution in [-0.2, 0) is 9.53 Å². The van der Waals surface area contributed by atoms with Crippen LogP contribution >= 0.6 is 11.3 Å². The van der Waals surface area contributed by atoms with Crippen molar-refractivity contribution in [1.82, 2.24) is 25.0 Å². The molecule has 0 unspecified atom stereocenters. The molecule has 1 fully saturated rings. The lowest BCUT2D eigenvalue weighted by atomic mass is 9.85. The molecule has 0 bridgehead atoms. The summed E-state index contributed by atoms with van der Waals surface area (Å²) in [5, 5.41) is 13.4. The van der Waals surface area contributed by atoms with E-state index in [1.54, 1.807) is 11.3 Å². The number of aryl methyl sites for hydroxylation is 3. The molecule has 5 rings (SSSR count). The van der Waals surface area contributed by atoms with Gasteiger partial charge in [-0.2, -0.15) is 0 Å². The number of thiophene rings is 1. The van der Waals surface area contributed by atoms with Crippen molar-refractivity contribution in [3.63, 3.8) is 0 Å². The van der Waals surface area contributed by atoms with Crippen LogP contribution in [0.2, 0.25) is 0 Å². The third kappa shape index (κ3) is 4.65. The highest BCUT2D eigenvalue weighted by Crippen LogP contribution is 2.47. The Kier molecular flexibility index (Phi) is 7.10. The lowest BCUT2D eigenvalue weighted by Gasteiger charge is -2.26. The van der Waals surface area contributed by atoms with Gasteiger partial charge in [-0.25, -0.2) is 0 Å². The van der Waals surface area contributed by atoms with Crippen LogP contribution < -0.4 is 5.32 Å². The molecule has 1 aromatic carbocycles. The first-order valence-electron chi connectivity index (χ1n) is 12.7. The molecule has 190 valence electrons. The SMILES string of the molecule is CC1=C(c2ccc(C)cc2)c2c(sc(C)c2C)-n2c(C)nnc2[C@@H]1CC(=O)NCCN1CCOCC1. The van der Waals surface area contributed by atoms with E-state index in [1.165, 1.54) is 32.7 Å². The number of rotatable bonds is 6. The minimum atomic E-state index is -0.162. The van der Waals surface area contributed by atoms with Gasteiger partial charge in [-0.3, -0.25) is 14.3 Å². The van der Waals surface area contributed by atoms with Gasteiger partial charge in [0.25, 0.3) is 0 Å². The van der Waals surface area contributed by atoms with Crippen molar-refractivity contribution >= 4 is 22.8 Å². The van der Waals surface area contributed by atoms with E-state index in [4.69, 9.17) is 4.74 Å². The van der Waals surface area contributed by atoms with Gasteiger partial charge in [-0.15, -0.1) is 21.5 Å². The Bertz CT molecular complexity index is 1300.